The number of H-pyrrole nitrogens is 1. The van der Waals surface area contributed by atoms with Crippen LogP contribution >= 0.6 is 11.6 Å². The summed E-state index contributed by atoms with van der Waals surface area (Å²) in [6, 6.07) is 7.43. The summed E-state index contributed by atoms with van der Waals surface area (Å²) in [5.41, 5.74) is 2.01. The first-order chi connectivity index (χ1) is 8.22. The van der Waals surface area contributed by atoms with Gasteiger partial charge >= 0.3 is 0 Å². The Morgan fingerprint density at radius 2 is 2.24 bits per heavy atom. The Morgan fingerprint density at radius 3 is 2.88 bits per heavy atom. The Labute approximate surface area is 104 Å². The third-order valence-electron chi connectivity index (χ3n) is 2.44. The highest BCUT2D eigenvalue weighted by atomic mass is 35.5. The van der Waals surface area contributed by atoms with E-state index in [2.05, 4.69) is 10.2 Å². The van der Waals surface area contributed by atoms with Crippen LogP contribution in [-0.4, -0.2) is 16.5 Å². The van der Waals surface area contributed by atoms with Gasteiger partial charge in [0, 0.05) is 16.1 Å². The molecular weight excluding hydrogens is 240 g/mol. The van der Waals surface area contributed by atoms with Gasteiger partial charge in [-0.3, -0.25) is 9.89 Å². The quantitative estimate of drug-likeness (QED) is 0.849. The van der Waals surface area contributed by atoms with Crippen LogP contribution in [0, 0.1) is 6.92 Å². The van der Waals surface area contributed by atoms with Crippen LogP contribution in [0.2, 0.25) is 5.02 Å². The second kappa shape index (κ2) is 5.01. The fourth-order valence-corrected chi connectivity index (χ4v) is 1.60. The molecule has 0 fully saturated rings. The van der Waals surface area contributed by atoms with Gasteiger partial charge < -0.3 is 4.74 Å². The number of benzene rings is 1. The number of aromatic nitrogens is 2. The maximum absolute atomic E-state index is 10.6. The molecule has 2 rings (SSSR count). The average Bonchev–Trinajstić information content (AvgIpc) is 2.69. The molecule has 1 heterocycles. The summed E-state index contributed by atoms with van der Waals surface area (Å²) in [5, 5.41) is 7.16. The number of aldehydes is 1. The topological polar surface area (TPSA) is 55.0 Å². The van der Waals surface area contributed by atoms with Crippen molar-refractivity contribution in [2.24, 2.45) is 0 Å². The van der Waals surface area contributed by atoms with E-state index in [0.29, 0.717) is 35.1 Å². The van der Waals surface area contributed by atoms with E-state index in [1.165, 1.54) is 0 Å². The zero-order valence-corrected chi connectivity index (χ0v) is 9.99. The molecule has 0 saturated heterocycles. The van der Waals surface area contributed by atoms with Crippen molar-refractivity contribution < 1.29 is 9.53 Å². The lowest BCUT2D eigenvalue weighted by Gasteiger charge is -2.05. The van der Waals surface area contributed by atoms with Crippen LogP contribution in [0.4, 0.5) is 0 Å². The van der Waals surface area contributed by atoms with E-state index >= 15 is 0 Å². The molecule has 0 amide bonds. The van der Waals surface area contributed by atoms with Gasteiger partial charge in [0.2, 0.25) is 5.88 Å². The van der Waals surface area contributed by atoms with Crippen LogP contribution in [0.25, 0.3) is 0 Å². The number of nitrogens with one attached hydrogen (secondary N) is 1. The fraction of sp³-hybridized carbons (Fsp3) is 0.167. The molecule has 1 aromatic carbocycles. The predicted molar refractivity (Wildman–Crippen MR) is 64.5 cm³/mol. The number of carbonyl (C=O) groups is 1. The molecule has 0 spiro atoms. The molecule has 0 aliphatic heterocycles. The number of carbonyl (C=O) groups excluding carboxylic acids is 1. The molecule has 0 aliphatic carbocycles. The molecule has 4 nitrogen and oxygen atoms in total. The zero-order chi connectivity index (χ0) is 12.3. The van der Waals surface area contributed by atoms with Crippen LogP contribution in [0.3, 0.4) is 0 Å². The van der Waals surface area contributed by atoms with E-state index in [1.807, 2.05) is 18.2 Å². The Bertz CT molecular complexity index is 537. The minimum Gasteiger partial charge on any atom is -0.471 e. The number of nitrogens with zero attached hydrogens (tertiary/aromatic N) is 1. The van der Waals surface area contributed by atoms with Gasteiger partial charge in [0.25, 0.3) is 0 Å². The van der Waals surface area contributed by atoms with Crippen molar-refractivity contribution in [2.45, 2.75) is 13.5 Å². The first-order valence-electron chi connectivity index (χ1n) is 5.08. The molecule has 17 heavy (non-hydrogen) atoms. The molecule has 0 aliphatic rings. The number of aromatic amines is 1. The number of hydrogen-bond donors (Lipinski definition) is 1. The van der Waals surface area contributed by atoms with Gasteiger partial charge in [-0.25, -0.2) is 0 Å². The van der Waals surface area contributed by atoms with E-state index < -0.39 is 0 Å². The SMILES string of the molecule is Cc1c(OCc2ccccc2Cl)n[nH]c1C=O. The highest BCUT2D eigenvalue weighted by Gasteiger charge is 2.09. The molecule has 0 radical (unpaired) electrons. The molecule has 0 bridgehead atoms. The van der Waals surface area contributed by atoms with Crippen molar-refractivity contribution in [1.82, 2.24) is 10.2 Å². The monoisotopic (exact) mass is 250 g/mol. The highest BCUT2D eigenvalue weighted by Crippen LogP contribution is 2.20. The normalized spacial score (nSPS) is 10.2. The van der Waals surface area contributed by atoms with Gasteiger partial charge in [-0.05, 0) is 13.0 Å². The third kappa shape index (κ3) is 2.47. The maximum atomic E-state index is 10.6. The van der Waals surface area contributed by atoms with Gasteiger partial charge in [-0.15, -0.1) is 5.10 Å². The summed E-state index contributed by atoms with van der Waals surface area (Å²) in [4.78, 5) is 10.6. The molecule has 1 N–H and O–H groups in total. The summed E-state index contributed by atoms with van der Waals surface area (Å²) >= 11 is 6.00. The maximum Gasteiger partial charge on any atom is 0.236 e. The summed E-state index contributed by atoms with van der Waals surface area (Å²) in [6.07, 6.45) is 0.713. The average molecular weight is 251 g/mol. The molecule has 2 aromatic rings. The van der Waals surface area contributed by atoms with Crippen LogP contribution in [-0.2, 0) is 6.61 Å². The molecule has 1 aromatic heterocycles. The van der Waals surface area contributed by atoms with Crippen molar-refractivity contribution in [3.05, 3.63) is 46.1 Å². The second-order valence-corrected chi connectivity index (χ2v) is 3.97. The van der Waals surface area contributed by atoms with Gasteiger partial charge in [0.1, 0.15) is 12.3 Å². The summed E-state index contributed by atoms with van der Waals surface area (Å²) in [7, 11) is 0. The molecule has 88 valence electrons. The number of rotatable bonds is 4. The van der Waals surface area contributed by atoms with E-state index in [0.717, 1.165) is 5.56 Å². The van der Waals surface area contributed by atoms with Crippen LogP contribution in [0.1, 0.15) is 21.6 Å². The smallest absolute Gasteiger partial charge is 0.236 e. The Hall–Kier alpha value is -1.81. The Morgan fingerprint density at radius 1 is 1.47 bits per heavy atom. The van der Waals surface area contributed by atoms with Crippen molar-refractivity contribution in [3.8, 4) is 5.88 Å². The molecule has 0 saturated carbocycles. The Kier molecular flexibility index (Phi) is 3.44. The van der Waals surface area contributed by atoms with E-state index in [9.17, 15) is 4.79 Å². The van der Waals surface area contributed by atoms with Crippen LogP contribution in [0.15, 0.2) is 24.3 Å². The number of ether oxygens (including phenoxy) is 1. The van der Waals surface area contributed by atoms with Gasteiger partial charge in [0.05, 0.1) is 0 Å². The minimum atomic E-state index is 0.323. The number of halogens is 1. The first kappa shape index (κ1) is 11.7. The fourth-order valence-electron chi connectivity index (χ4n) is 1.41. The lowest BCUT2D eigenvalue weighted by atomic mass is 10.2. The van der Waals surface area contributed by atoms with E-state index in [-0.39, 0.29) is 0 Å². The first-order valence-corrected chi connectivity index (χ1v) is 5.46. The third-order valence-corrected chi connectivity index (χ3v) is 2.81. The Balaban J connectivity index is 2.10. The lowest BCUT2D eigenvalue weighted by Crippen LogP contribution is -1.97. The standard InChI is InChI=1S/C12H11ClN2O2/c1-8-11(6-16)14-15-12(8)17-7-9-4-2-3-5-10(9)13/h2-6H,7H2,1H3,(H,14,15). The molecular formula is C12H11ClN2O2. The van der Waals surface area contributed by atoms with E-state index in [4.69, 9.17) is 16.3 Å². The molecule has 5 heteroatoms. The van der Waals surface area contributed by atoms with Crippen LogP contribution in [0.5, 0.6) is 5.88 Å². The summed E-state index contributed by atoms with van der Waals surface area (Å²) in [6.45, 7) is 2.10. The highest BCUT2D eigenvalue weighted by molar-refractivity contribution is 6.31. The zero-order valence-electron chi connectivity index (χ0n) is 9.24. The van der Waals surface area contributed by atoms with E-state index in [1.54, 1.807) is 13.0 Å². The van der Waals surface area contributed by atoms with Crippen LogP contribution < -0.4 is 4.74 Å². The van der Waals surface area contributed by atoms with Crippen molar-refractivity contribution >= 4 is 17.9 Å². The largest absolute Gasteiger partial charge is 0.471 e. The van der Waals surface area contributed by atoms with Gasteiger partial charge in [0.15, 0.2) is 6.29 Å². The van der Waals surface area contributed by atoms with Gasteiger partial charge in [-0.2, -0.15) is 0 Å². The second-order valence-electron chi connectivity index (χ2n) is 3.57. The van der Waals surface area contributed by atoms with Crippen molar-refractivity contribution in [1.29, 1.82) is 0 Å². The number of hydrogen-bond acceptors (Lipinski definition) is 3. The summed E-state index contributed by atoms with van der Waals surface area (Å²) < 4.78 is 5.50. The van der Waals surface area contributed by atoms with Crippen molar-refractivity contribution in [2.75, 3.05) is 0 Å². The van der Waals surface area contributed by atoms with Gasteiger partial charge in [-0.1, -0.05) is 29.8 Å². The molecule has 0 atom stereocenters. The lowest BCUT2D eigenvalue weighted by molar-refractivity contribution is 0.111. The molecule has 0 unspecified atom stereocenters. The summed E-state index contributed by atoms with van der Waals surface area (Å²) in [5.74, 6) is 0.423. The predicted octanol–water partition coefficient (Wildman–Crippen LogP) is 2.76. The minimum absolute atomic E-state index is 0.323. The van der Waals surface area contributed by atoms with Crippen molar-refractivity contribution in [3.63, 3.8) is 0 Å².